The maximum atomic E-state index is 12.5. The lowest BCUT2D eigenvalue weighted by atomic mass is 10.1. The lowest BCUT2D eigenvalue weighted by molar-refractivity contribution is -0.137. The van der Waals surface area contributed by atoms with Gasteiger partial charge in [-0.3, -0.25) is 4.79 Å². The first-order chi connectivity index (χ1) is 6.75. The molecule has 0 spiro atoms. The average molecular weight is 283 g/mol. The molecule has 4 N–H and O–H groups in total. The van der Waals surface area contributed by atoms with Crippen LogP contribution in [0.2, 0.25) is 0 Å². The molecule has 0 aliphatic carbocycles. The number of primary amides is 1. The van der Waals surface area contributed by atoms with Crippen LogP contribution in [0.4, 0.5) is 18.9 Å². The minimum Gasteiger partial charge on any atom is -0.398 e. The number of anilines is 1. The van der Waals surface area contributed by atoms with E-state index >= 15 is 0 Å². The largest absolute Gasteiger partial charge is 0.417 e. The Kier molecular flexibility index (Phi) is 2.94. The minimum atomic E-state index is -4.64. The van der Waals surface area contributed by atoms with Crippen molar-refractivity contribution in [3.05, 3.63) is 27.7 Å². The zero-order chi connectivity index (χ0) is 11.8. The van der Waals surface area contributed by atoms with Crippen molar-refractivity contribution < 1.29 is 18.0 Å². The molecule has 1 amide bonds. The summed E-state index contributed by atoms with van der Waals surface area (Å²) in [6, 6.07) is 1.78. The Hall–Kier alpha value is -1.24. The molecular weight excluding hydrogens is 277 g/mol. The van der Waals surface area contributed by atoms with Crippen LogP contribution in [-0.4, -0.2) is 5.91 Å². The number of amides is 1. The van der Waals surface area contributed by atoms with Gasteiger partial charge in [-0.15, -0.1) is 0 Å². The zero-order valence-corrected chi connectivity index (χ0v) is 8.82. The molecule has 0 saturated heterocycles. The van der Waals surface area contributed by atoms with Crippen LogP contribution in [0.25, 0.3) is 0 Å². The van der Waals surface area contributed by atoms with Crippen molar-refractivity contribution in [2.45, 2.75) is 6.18 Å². The number of alkyl halides is 3. The third-order valence-corrected chi connectivity index (χ3v) is 2.58. The van der Waals surface area contributed by atoms with E-state index in [9.17, 15) is 18.0 Å². The highest BCUT2D eigenvalue weighted by atomic mass is 79.9. The topological polar surface area (TPSA) is 69.1 Å². The molecule has 0 unspecified atom stereocenters. The van der Waals surface area contributed by atoms with Gasteiger partial charge in [0.05, 0.1) is 15.6 Å². The first kappa shape index (κ1) is 11.8. The molecule has 0 atom stereocenters. The monoisotopic (exact) mass is 282 g/mol. The summed E-state index contributed by atoms with van der Waals surface area (Å²) in [4.78, 5) is 10.9. The average Bonchev–Trinajstić information content (AvgIpc) is 2.06. The van der Waals surface area contributed by atoms with Crippen LogP contribution in [0.1, 0.15) is 15.9 Å². The molecule has 1 aromatic rings. The smallest absolute Gasteiger partial charge is 0.398 e. The molecule has 0 aliphatic heterocycles. The molecule has 15 heavy (non-hydrogen) atoms. The highest BCUT2D eigenvalue weighted by Gasteiger charge is 2.36. The van der Waals surface area contributed by atoms with Gasteiger partial charge in [-0.05, 0) is 28.1 Å². The summed E-state index contributed by atoms with van der Waals surface area (Å²) in [5, 5.41) is 0. The Morgan fingerprint density at radius 1 is 1.33 bits per heavy atom. The SMILES string of the molecule is NC(=O)c1c(C(F)(F)F)ccc(N)c1Br. The molecule has 0 fully saturated rings. The van der Waals surface area contributed by atoms with Crippen molar-refractivity contribution in [1.82, 2.24) is 0 Å². The Morgan fingerprint density at radius 2 is 1.87 bits per heavy atom. The number of hydrogen-bond donors (Lipinski definition) is 2. The molecule has 0 heterocycles. The zero-order valence-electron chi connectivity index (χ0n) is 7.23. The third-order valence-electron chi connectivity index (χ3n) is 1.72. The third kappa shape index (κ3) is 2.23. The van der Waals surface area contributed by atoms with Crippen molar-refractivity contribution in [3.63, 3.8) is 0 Å². The lowest BCUT2D eigenvalue weighted by Gasteiger charge is -2.13. The summed E-state index contributed by atoms with van der Waals surface area (Å²) in [5.41, 5.74) is 8.48. The highest BCUT2D eigenvalue weighted by molar-refractivity contribution is 9.10. The van der Waals surface area contributed by atoms with Gasteiger partial charge in [0.2, 0.25) is 0 Å². The van der Waals surface area contributed by atoms with Gasteiger partial charge in [-0.1, -0.05) is 0 Å². The second-order valence-electron chi connectivity index (χ2n) is 2.75. The molecule has 0 radical (unpaired) electrons. The van der Waals surface area contributed by atoms with Crippen LogP contribution >= 0.6 is 15.9 Å². The van der Waals surface area contributed by atoms with Crippen LogP contribution in [0, 0.1) is 0 Å². The van der Waals surface area contributed by atoms with Gasteiger partial charge < -0.3 is 11.5 Å². The number of nitrogens with two attached hydrogens (primary N) is 2. The van der Waals surface area contributed by atoms with E-state index < -0.39 is 23.2 Å². The number of halogens is 4. The van der Waals surface area contributed by atoms with E-state index in [1.54, 1.807) is 0 Å². The van der Waals surface area contributed by atoms with Crippen molar-refractivity contribution in [3.8, 4) is 0 Å². The van der Waals surface area contributed by atoms with Gasteiger partial charge in [0.15, 0.2) is 0 Å². The minimum absolute atomic E-state index is 0.0248. The van der Waals surface area contributed by atoms with E-state index in [4.69, 9.17) is 11.5 Å². The van der Waals surface area contributed by atoms with Gasteiger partial charge in [-0.25, -0.2) is 0 Å². The number of rotatable bonds is 1. The molecule has 0 bridgehead atoms. The van der Waals surface area contributed by atoms with E-state index in [0.717, 1.165) is 12.1 Å². The summed E-state index contributed by atoms with van der Waals surface area (Å²) in [6.07, 6.45) is -4.64. The van der Waals surface area contributed by atoms with Gasteiger partial charge >= 0.3 is 6.18 Å². The Labute approximate surface area is 91.4 Å². The van der Waals surface area contributed by atoms with Gasteiger partial charge in [-0.2, -0.15) is 13.2 Å². The molecule has 82 valence electrons. The number of hydrogen-bond acceptors (Lipinski definition) is 2. The molecule has 1 aromatic carbocycles. The number of carbonyl (C=O) groups excluding carboxylic acids is 1. The van der Waals surface area contributed by atoms with E-state index in [2.05, 4.69) is 15.9 Å². The van der Waals surface area contributed by atoms with E-state index in [1.807, 2.05) is 0 Å². The van der Waals surface area contributed by atoms with E-state index in [0.29, 0.717) is 0 Å². The first-order valence-corrected chi connectivity index (χ1v) is 4.49. The van der Waals surface area contributed by atoms with Gasteiger partial charge in [0.1, 0.15) is 0 Å². The first-order valence-electron chi connectivity index (χ1n) is 3.70. The Balaban J connectivity index is 3.55. The van der Waals surface area contributed by atoms with Crippen molar-refractivity contribution >= 4 is 27.5 Å². The second-order valence-corrected chi connectivity index (χ2v) is 3.55. The number of benzene rings is 1. The van der Waals surface area contributed by atoms with Crippen molar-refractivity contribution in [2.24, 2.45) is 5.73 Å². The van der Waals surface area contributed by atoms with Crippen LogP contribution in [0.5, 0.6) is 0 Å². The van der Waals surface area contributed by atoms with E-state index in [1.165, 1.54) is 0 Å². The van der Waals surface area contributed by atoms with Crippen LogP contribution < -0.4 is 11.5 Å². The molecule has 7 heteroatoms. The number of nitrogen functional groups attached to an aromatic ring is 1. The maximum absolute atomic E-state index is 12.5. The Morgan fingerprint density at radius 3 is 2.27 bits per heavy atom. The maximum Gasteiger partial charge on any atom is 0.417 e. The summed E-state index contributed by atoms with van der Waals surface area (Å²) >= 11 is 2.80. The predicted molar refractivity (Wildman–Crippen MR) is 52.1 cm³/mol. The van der Waals surface area contributed by atoms with Crippen LogP contribution in [-0.2, 0) is 6.18 Å². The van der Waals surface area contributed by atoms with Gasteiger partial charge in [0, 0.05) is 5.69 Å². The molecule has 0 aromatic heterocycles. The summed E-state index contributed by atoms with van der Waals surface area (Å²) < 4.78 is 37.2. The van der Waals surface area contributed by atoms with Gasteiger partial charge in [0.25, 0.3) is 5.91 Å². The predicted octanol–water partition coefficient (Wildman–Crippen LogP) is 2.15. The normalized spacial score (nSPS) is 11.5. The van der Waals surface area contributed by atoms with Crippen LogP contribution in [0.15, 0.2) is 16.6 Å². The summed E-state index contributed by atoms with van der Waals surface area (Å²) in [7, 11) is 0. The summed E-state index contributed by atoms with van der Waals surface area (Å²) in [6.45, 7) is 0. The van der Waals surface area contributed by atoms with Crippen molar-refractivity contribution in [1.29, 1.82) is 0 Å². The summed E-state index contributed by atoms with van der Waals surface area (Å²) in [5.74, 6) is -1.18. The molecular formula is C8H6BrF3N2O. The fourth-order valence-electron chi connectivity index (χ4n) is 1.07. The molecule has 1 rings (SSSR count). The lowest BCUT2D eigenvalue weighted by Crippen LogP contribution is -2.20. The van der Waals surface area contributed by atoms with E-state index in [-0.39, 0.29) is 10.2 Å². The second kappa shape index (κ2) is 3.73. The fraction of sp³-hybridized carbons (Fsp3) is 0.125. The molecule has 0 saturated carbocycles. The fourth-order valence-corrected chi connectivity index (χ4v) is 1.61. The van der Waals surface area contributed by atoms with Crippen LogP contribution in [0.3, 0.4) is 0 Å². The number of carbonyl (C=O) groups is 1. The highest BCUT2D eigenvalue weighted by Crippen LogP contribution is 2.37. The quantitative estimate of drug-likeness (QED) is 0.775. The standard InChI is InChI=1S/C8H6BrF3N2O/c9-6-4(13)2-1-3(8(10,11)12)5(6)7(14)15/h1-2H,13H2,(H2,14,15). The van der Waals surface area contributed by atoms with Crippen molar-refractivity contribution in [2.75, 3.05) is 5.73 Å². The molecule has 3 nitrogen and oxygen atoms in total. The Bertz CT molecular complexity index is 417. The molecule has 0 aliphatic rings.